The monoisotopic (exact) mass is 265 g/mol. The maximum atomic E-state index is 10.3. The Hall–Kier alpha value is -1.59. The Balaban J connectivity index is 2.26. The minimum atomic E-state index is -0.652. The average Bonchev–Trinajstić information content (AvgIpc) is 2.90. The van der Waals surface area contributed by atoms with Crippen LogP contribution in [0.5, 0.6) is 11.5 Å². The molecule has 1 aromatic carbocycles. The van der Waals surface area contributed by atoms with Crippen LogP contribution in [0.3, 0.4) is 0 Å². The van der Waals surface area contributed by atoms with Gasteiger partial charge in [-0.1, -0.05) is 12.1 Å². The molecular weight excluding hydrogens is 250 g/mol. The van der Waals surface area contributed by atoms with Crippen molar-refractivity contribution in [3.63, 3.8) is 0 Å². The second-order valence-corrected chi connectivity index (χ2v) is 4.71. The van der Waals surface area contributed by atoms with Gasteiger partial charge in [0.25, 0.3) is 0 Å². The fourth-order valence-electron chi connectivity index (χ4n) is 1.80. The number of aliphatic hydroxyl groups is 1. The number of thiazole rings is 1. The van der Waals surface area contributed by atoms with Gasteiger partial charge >= 0.3 is 0 Å². The molecule has 0 spiro atoms. The van der Waals surface area contributed by atoms with Crippen molar-refractivity contribution in [2.24, 2.45) is 0 Å². The molecule has 0 aliphatic rings. The van der Waals surface area contributed by atoms with Gasteiger partial charge in [-0.25, -0.2) is 4.98 Å². The molecule has 96 valence electrons. The lowest BCUT2D eigenvalue weighted by Gasteiger charge is -2.16. The first-order valence-corrected chi connectivity index (χ1v) is 6.41. The summed E-state index contributed by atoms with van der Waals surface area (Å²) in [5.74, 6) is 1.19. The van der Waals surface area contributed by atoms with E-state index < -0.39 is 6.10 Å². The van der Waals surface area contributed by atoms with E-state index >= 15 is 0 Å². The minimum Gasteiger partial charge on any atom is -0.493 e. The zero-order valence-corrected chi connectivity index (χ0v) is 11.1. The highest BCUT2D eigenvalue weighted by Crippen LogP contribution is 2.35. The lowest BCUT2D eigenvalue weighted by atomic mass is 10.1. The van der Waals surface area contributed by atoms with Crippen molar-refractivity contribution in [2.75, 3.05) is 14.2 Å². The third kappa shape index (κ3) is 2.63. The van der Waals surface area contributed by atoms with Gasteiger partial charge in [0.1, 0.15) is 0 Å². The van der Waals surface area contributed by atoms with Gasteiger partial charge in [-0.15, -0.1) is 11.3 Å². The second-order valence-electron chi connectivity index (χ2n) is 3.73. The highest BCUT2D eigenvalue weighted by molar-refractivity contribution is 7.09. The molecule has 18 heavy (non-hydrogen) atoms. The number of benzene rings is 1. The van der Waals surface area contributed by atoms with E-state index in [4.69, 9.17) is 9.47 Å². The van der Waals surface area contributed by atoms with Crippen molar-refractivity contribution in [1.82, 2.24) is 4.98 Å². The molecule has 2 rings (SSSR count). The SMILES string of the molecule is COc1cccc(C(O)Cc2nccs2)c1OC. The zero-order valence-electron chi connectivity index (χ0n) is 10.3. The van der Waals surface area contributed by atoms with Gasteiger partial charge in [0.15, 0.2) is 11.5 Å². The first kappa shape index (κ1) is 12.9. The number of methoxy groups -OCH3 is 2. The van der Waals surface area contributed by atoms with Crippen molar-refractivity contribution >= 4 is 11.3 Å². The van der Waals surface area contributed by atoms with Crippen LogP contribution < -0.4 is 9.47 Å². The van der Waals surface area contributed by atoms with Crippen molar-refractivity contribution in [3.8, 4) is 11.5 Å². The molecule has 0 saturated heterocycles. The number of aliphatic hydroxyl groups excluding tert-OH is 1. The third-order valence-corrected chi connectivity index (χ3v) is 3.45. The Morgan fingerprint density at radius 2 is 2.17 bits per heavy atom. The maximum absolute atomic E-state index is 10.3. The summed E-state index contributed by atoms with van der Waals surface area (Å²) in [5, 5.41) is 13.0. The molecule has 0 fully saturated rings. The average molecular weight is 265 g/mol. The van der Waals surface area contributed by atoms with E-state index in [1.54, 1.807) is 26.5 Å². The molecule has 1 aromatic heterocycles. The highest BCUT2D eigenvalue weighted by atomic mass is 32.1. The van der Waals surface area contributed by atoms with E-state index in [2.05, 4.69) is 4.98 Å². The van der Waals surface area contributed by atoms with Gasteiger partial charge in [-0.2, -0.15) is 0 Å². The molecule has 2 aromatic rings. The number of hydrogen-bond acceptors (Lipinski definition) is 5. The summed E-state index contributed by atoms with van der Waals surface area (Å²) in [7, 11) is 3.15. The Labute approximate surface area is 110 Å². The zero-order chi connectivity index (χ0) is 13.0. The summed E-state index contributed by atoms with van der Waals surface area (Å²) < 4.78 is 10.5. The molecule has 4 nitrogen and oxygen atoms in total. The predicted octanol–water partition coefficient (Wildman–Crippen LogP) is 2.44. The van der Waals surface area contributed by atoms with Crippen LogP contribution in [0.1, 0.15) is 16.7 Å². The lowest BCUT2D eigenvalue weighted by molar-refractivity contribution is 0.173. The number of aromatic nitrogens is 1. The van der Waals surface area contributed by atoms with Gasteiger partial charge in [-0.3, -0.25) is 0 Å². The molecule has 1 N–H and O–H groups in total. The normalized spacial score (nSPS) is 12.2. The van der Waals surface area contributed by atoms with E-state index in [0.29, 0.717) is 23.5 Å². The van der Waals surface area contributed by atoms with Crippen molar-refractivity contribution in [2.45, 2.75) is 12.5 Å². The maximum Gasteiger partial charge on any atom is 0.166 e. The fourth-order valence-corrected chi connectivity index (χ4v) is 2.46. The Morgan fingerprint density at radius 3 is 2.78 bits per heavy atom. The van der Waals surface area contributed by atoms with Gasteiger partial charge in [-0.05, 0) is 6.07 Å². The van der Waals surface area contributed by atoms with Gasteiger partial charge in [0, 0.05) is 23.6 Å². The van der Waals surface area contributed by atoms with Crippen molar-refractivity contribution < 1.29 is 14.6 Å². The fraction of sp³-hybridized carbons (Fsp3) is 0.308. The third-order valence-electron chi connectivity index (χ3n) is 2.64. The Bertz CT molecular complexity index is 499. The van der Waals surface area contributed by atoms with Gasteiger partial charge in [0.05, 0.1) is 25.3 Å². The smallest absolute Gasteiger partial charge is 0.166 e. The molecule has 1 heterocycles. The summed E-state index contributed by atoms with van der Waals surface area (Å²) in [6.07, 6.45) is 1.55. The number of rotatable bonds is 5. The minimum absolute atomic E-state index is 0.473. The van der Waals surface area contributed by atoms with Gasteiger partial charge < -0.3 is 14.6 Å². The van der Waals surface area contributed by atoms with Crippen molar-refractivity contribution in [1.29, 1.82) is 0 Å². The first-order valence-electron chi connectivity index (χ1n) is 5.53. The number of para-hydroxylation sites is 1. The number of nitrogens with zero attached hydrogens (tertiary/aromatic N) is 1. The molecule has 0 aliphatic heterocycles. The van der Waals surface area contributed by atoms with E-state index in [-0.39, 0.29) is 0 Å². The summed E-state index contributed by atoms with van der Waals surface area (Å²) in [6.45, 7) is 0. The second kappa shape index (κ2) is 5.84. The van der Waals surface area contributed by atoms with Crippen LogP contribution in [0.4, 0.5) is 0 Å². The predicted molar refractivity (Wildman–Crippen MR) is 70.3 cm³/mol. The quantitative estimate of drug-likeness (QED) is 0.902. The molecule has 5 heteroatoms. The van der Waals surface area contributed by atoms with E-state index in [1.165, 1.54) is 11.3 Å². The van der Waals surface area contributed by atoms with Crippen LogP contribution >= 0.6 is 11.3 Å². The summed E-state index contributed by atoms with van der Waals surface area (Å²) >= 11 is 1.53. The number of ether oxygens (including phenoxy) is 2. The van der Waals surface area contributed by atoms with Crippen LogP contribution in [0.25, 0.3) is 0 Å². The molecule has 0 radical (unpaired) electrons. The first-order chi connectivity index (χ1) is 8.76. The lowest BCUT2D eigenvalue weighted by Crippen LogP contribution is -2.05. The van der Waals surface area contributed by atoms with Gasteiger partial charge in [0.2, 0.25) is 0 Å². The van der Waals surface area contributed by atoms with Crippen molar-refractivity contribution in [3.05, 3.63) is 40.3 Å². The summed E-state index contributed by atoms with van der Waals surface area (Å²) in [5.41, 5.74) is 0.715. The molecular formula is C13H15NO3S. The van der Waals surface area contributed by atoms with E-state index in [9.17, 15) is 5.11 Å². The summed E-state index contributed by atoms with van der Waals surface area (Å²) in [6, 6.07) is 5.47. The summed E-state index contributed by atoms with van der Waals surface area (Å²) in [4.78, 5) is 4.17. The molecule has 0 saturated carbocycles. The molecule has 0 bridgehead atoms. The van der Waals surface area contributed by atoms with Crippen LogP contribution in [0.15, 0.2) is 29.8 Å². The van der Waals surface area contributed by atoms with E-state index in [0.717, 1.165) is 5.01 Å². The van der Waals surface area contributed by atoms with E-state index in [1.807, 2.05) is 17.5 Å². The number of hydrogen-bond donors (Lipinski definition) is 1. The van der Waals surface area contributed by atoms with Crippen LogP contribution in [-0.2, 0) is 6.42 Å². The molecule has 1 unspecified atom stereocenters. The molecule has 1 atom stereocenters. The van der Waals surface area contributed by atoms with Crippen LogP contribution in [-0.4, -0.2) is 24.3 Å². The standard InChI is InChI=1S/C13H15NO3S/c1-16-11-5-3-4-9(13(11)17-2)10(15)8-12-14-6-7-18-12/h3-7,10,15H,8H2,1-2H3. The Morgan fingerprint density at radius 1 is 1.33 bits per heavy atom. The molecule has 0 aliphatic carbocycles. The largest absolute Gasteiger partial charge is 0.493 e. The van der Waals surface area contributed by atoms with Crippen LogP contribution in [0, 0.1) is 0 Å². The highest BCUT2D eigenvalue weighted by Gasteiger charge is 2.18. The van der Waals surface area contributed by atoms with Crippen LogP contribution in [0.2, 0.25) is 0 Å². The Kier molecular flexibility index (Phi) is 4.17. The topological polar surface area (TPSA) is 51.6 Å². The molecule has 0 amide bonds.